The topological polar surface area (TPSA) is 48.7 Å². The van der Waals surface area contributed by atoms with Crippen LogP contribution in [0.25, 0.3) is 0 Å². The Kier molecular flexibility index (Phi) is 6.51. The van der Waals surface area contributed by atoms with Gasteiger partial charge in [0.25, 0.3) is 0 Å². The smallest absolute Gasteiger partial charge is 0.194 e. The van der Waals surface area contributed by atoms with Gasteiger partial charge in [-0.2, -0.15) is 16.9 Å². The monoisotopic (exact) mass is 404 g/mol. The third-order valence-electron chi connectivity index (χ3n) is 6.76. The maximum atomic E-state index is 5.22. The fraction of sp³-hybridized carbons (Fsp3) is 0.810. The van der Waals surface area contributed by atoms with E-state index in [0.717, 1.165) is 32.1 Å². The highest BCUT2D eigenvalue weighted by atomic mass is 32.2. The van der Waals surface area contributed by atoms with Crippen molar-refractivity contribution in [3.05, 3.63) is 18.0 Å². The summed E-state index contributed by atoms with van der Waals surface area (Å²) < 4.78 is 1.91. The van der Waals surface area contributed by atoms with Crippen molar-refractivity contribution in [3.8, 4) is 0 Å². The fourth-order valence-corrected chi connectivity index (χ4v) is 6.07. The minimum absolute atomic E-state index is 0.310. The first kappa shape index (κ1) is 20.1. The molecule has 1 aliphatic carbocycles. The van der Waals surface area contributed by atoms with Crippen molar-refractivity contribution >= 4 is 17.7 Å². The molecule has 3 heterocycles. The molecule has 4 rings (SSSR count). The quantitative estimate of drug-likeness (QED) is 0.604. The molecule has 6 nitrogen and oxygen atoms in total. The van der Waals surface area contributed by atoms with Gasteiger partial charge in [-0.1, -0.05) is 12.8 Å². The van der Waals surface area contributed by atoms with E-state index in [1.807, 2.05) is 17.9 Å². The minimum atomic E-state index is 0.310. The molecule has 1 N–H and O–H groups in total. The molecule has 1 aromatic heterocycles. The van der Waals surface area contributed by atoms with Gasteiger partial charge in [-0.25, -0.2) is 0 Å². The lowest BCUT2D eigenvalue weighted by Gasteiger charge is -2.42. The fourth-order valence-electron chi connectivity index (χ4n) is 5.17. The van der Waals surface area contributed by atoms with Crippen LogP contribution in [0.15, 0.2) is 17.4 Å². The third-order valence-corrected chi connectivity index (χ3v) is 7.70. The van der Waals surface area contributed by atoms with E-state index >= 15 is 0 Å². The number of rotatable bonds is 5. The molecule has 0 spiro atoms. The molecule has 1 saturated carbocycles. The molecule has 7 heteroatoms. The van der Waals surface area contributed by atoms with Gasteiger partial charge in [-0.3, -0.25) is 14.6 Å². The largest absolute Gasteiger partial charge is 0.357 e. The highest BCUT2D eigenvalue weighted by Gasteiger charge is 2.40. The second kappa shape index (κ2) is 9.08. The summed E-state index contributed by atoms with van der Waals surface area (Å²) >= 11 is 2.10. The molecule has 2 aliphatic heterocycles. The molecular weight excluding hydrogens is 368 g/mol. The van der Waals surface area contributed by atoms with Gasteiger partial charge in [0.15, 0.2) is 5.96 Å². The van der Waals surface area contributed by atoms with Gasteiger partial charge in [0.1, 0.15) is 0 Å². The Hall–Kier alpha value is -1.21. The van der Waals surface area contributed by atoms with Crippen LogP contribution in [0, 0.1) is 0 Å². The predicted molar refractivity (Wildman–Crippen MR) is 118 cm³/mol. The van der Waals surface area contributed by atoms with Crippen LogP contribution in [0.2, 0.25) is 0 Å². The number of nitrogens with one attached hydrogen (secondary N) is 1. The number of likely N-dealkylation sites (tertiary alicyclic amines) is 1. The minimum Gasteiger partial charge on any atom is -0.357 e. The number of aryl methyl sites for hydroxylation is 1. The summed E-state index contributed by atoms with van der Waals surface area (Å²) in [6.07, 6.45) is 10.7. The molecule has 2 saturated heterocycles. The predicted octanol–water partition coefficient (Wildman–Crippen LogP) is 2.54. The SMILES string of the molecule is CCNC(=NCC1(N2CCSCC2)CCCC1)N1CCC(c2cnn(C)c2)C1. The molecule has 28 heavy (non-hydrogen) atoms. The van der Waals surface area contributed by atoms with Gasteiger partial charge in [0, 0.05) is 68.9 Å². The van der Waals surface area contributed by atoms with Crippen LogP contribution < -0.4 is 5.32 Å². The molecule has 1 aromatic rings. The van der Waals surface area contributed by atoms with E-state index in [1.165, 1.54) is 62.3 Å². The Bertz CT molecular complexity index is 660. The van der Waals surface area contributed by atoms with Gasteiger partial charge >= 0.3 is 0 Å². The van der Waals surface area contributed by atoms with E-state index in [0.29, 0.717) is 11.5 Å². The van der Waals surface area contributed by atoms with Gasteiger partial charge in [0.2, 0.25) is 0 Å². The molecule has 156 valence electrons. The second-order valence-electron chi connectivity index (χ2n) is 8.58. The average molecular weight is 405 g/mol. The van der Waals surface area contributed by atoms with Gasteiger partial charge < -0.3 is 10.2 Å². The van der Waals surface area contributed by atoms with Crippen molar-refractivity contribution in [2.24, 2.45) is 12.0 Å². The summed E-state index contributed by atoms with van der Waals surface area (Å²) in [7, 11) is 2.00. The van der Waals surface area contributed by atoms with E-state index in [9.17, 15) is 0 Å². The number of aromatic nitrogens is 2. The zero-order valence-corrected chi connectivity index (χ0v) is 18.4. The van der Waals surface area contributed by atoms with Crippen LogP contribution >= 0.6 is 11.8 Å². The van der Waals surface area contributed by atoms with Crippen molar-refractivity contribution in [2.75, 3.05) is 50.8 Å². The number of aliphatic imine (C=N–C) groups is 1. The molecule has 0 aromatic carbocycles. The Morgan fingerprint density at radius 3 is 2.75 bits per heavy atom. The number of thioether (sulfide) groups is 1. The third kappa shape index (κ3) is 4.35. The first-order valence-corrected chi connectivity index (χ1v) is 12.2. The lowest BCUT2D eigenvalue weighted by Crippen LogP contribution is -2.53. The second-order valence-corrected chi connectivity index (χ2v) is 9.80. The normalized spacial score (nSPS) is 26.1. The summed E-state index contributed by atoms with van der Waals surface area (Å²) in [5, 5.41) is 7.94. The standard InChI is InChI=1S/C21H36N6S/c1-3-22-20(26-9-6-18(16-26)19-14-24-25(2)15-19)23-17-21(7-4-5-8-21)27-10-12-28-13-11-27/h14-15,18H,3-13,16-17H2,1-2H3,(H,22,23). The van der Waals surface area contributed by atoms with Crippen molar-refractivity contribution in [2.45, 2.75) is 50.5 Å². The van der Waals surface area contributed by atoms with E-state index in [4.69, 9.17) is 4.99 Å². The van der Waals surface area contributed by atoms with Crippen molar-refractivity contribution < 1.29 is 0 Å². The Labute approximate surface area is 174 Å². The van der Waals surface area contributed by atoms with E-state index in [2.05, 4.69) is 45.1 Å². The average Bonchev–Trinajstić information content (AvgIpc) is 3.47. The van der Waals surface area contributed by atoms with Crippen LogP contribution in [0.4, 0.5) is 0 Å². The lowest BCUT2D eigenvalue weighted by atomic mass is 9.95. The van der Waals surface area contributed by atoms with Crippen molar-refractivity contribution in [1.29, 1.82) is 0 Å². The van der Waals surface area contributed by atoms with Crippen molar-refractivity contribution in [1.82, 2.24) is 24.9 Å². The van der Waals surface area contributed by atoms with E-state index < -0.39 is 0 Å². The zero-order chi connectivity index (χ0) is 19.4. The first-order valence-electron chi connectivity index (χ1n) is 11.0. The van der Waals surface area contributed by atoms with Crippen LogP contribution in [0.5, 0.6) is 0 Å². The number of hydrogen-bond acceptors (Lipinski definition) is 4. The Morgan fingerprint density at radius 2 is 2.07 bits per heavy atom. The van der Waals surface area contributed by atoms with Crippen LogP contribution in [0.3, 0.4) is 0 Å². The van der Waals surface area contributed by atoms with Crippen LogP contribution in [0.1, 0.15) is 50.5 Å². The van der Waals surface area contributed by atoms with Crippen LogP contribution in [-0.2, 0) is 7.05 Å². The molecule has 0 radical (unpaired) electrons. The van der Waals surface area contributed by atoms with E-state index in [-0.39, 0.29) is 0 Å². The molecule has 1 atom stereocenters. The molecule has 3 aliphatic rings. The molecule has 0 amide bonds. The molecule has 1 unspecified atom stereocenters. The lowest BCUT2D eigenvalue weighted by molar-refractivity contribution is 0.112. The molecule has 0 bridgehead atoms. The van der Waals surface area contributed by atoms with Crippen LogP contribution in [-0.4, -0.2) is 81.9 Å². The summed E-state index contributed by atoms with van der Waals surface area (Å²) in [5.74, 6) is 4.25. The molecular formula is C21H36N6S. The summed E-state index contributed by atoms with van der Waals surface area (Å²) in [6, 6.07) is 0. The maximum absolute atomic E-state index is 5.22. The summed E-state index contributed by atoms with van der Waals surface area (Å²) in [6.45, 7) is 8.67. The zero-order valence-electron chi connectivity index (χ0n) is 17.6. The Balaban J connectivity index is 1.45. The van der Waals surface area contributed by atoms with Crippen molar-refractivity contribution in [3.63, 3.8) is 0 Å². The van der Waals surface area contributed by atoms with Gasteiger partial charge in [-0.15, -0.1) is 0 Å². The maximum Gasteiger partial charge on any atom is 0.194 e. The first-order chi connectivity index (χ1) is 13.7. The highest BCUT2D eigenvalue weighted by molar-refractivity contribution is 7.99. The number of guanidine groups is 1. The number of hydrogen-bond donors (Lipinski definition) is 1. The molecule has 3 fully saturated rings. The van der Waals surface area contributed by atoms with Gasteiger partial charge in [0.05, 0.1) is 12.7 Å². The van der Waals surface area contributed by atoms with E-state index in [1.54, 1.807) is 0 Å². The highest BCUT2D eigenvalue weighted by Crippen LogP contribution is 2.37. The Morgan fingerprint density at radius 1 is 1.29 bits per heavy atom. The van der Waals surface area contributed by atoms with Gasteiger partial charge in [-0.05, 0) is 31.7 Å². The summed E-state index contributed by atoms with van der Waals surface area (Å²) in [5.41, 5.74) is 1.67. The summed E-state index contributed by atoms with van der Waals surface area (Å²) in [4.78, 5) is 10.5. The number of nitrogens with zero attached hydrogens (tertiary/aromatic N) is 5.